The third-order valence-electron chi connectivity index (χ3n) is 4.21. The van der Waals surface area contributed by atoms with E-state index in [-0.39, 0.29) is 22.5 Å². The van der Waals surface area contributed by atoms with Crippen LogP contribution in [0, 0.1) is 16.7 Å². The Hall–Kier alpha value is -0.660. The van der Waals surface area contributed by atoms with E-state index in [2.05, 4.69) is 0 Å². The molecule has 2 heteroatoms. The first kappa shape index (κ1) is 7.96. The van der Waals surface area contributed by atoms with Crippen LogP contribution in [0.4, 0.5) is 0 Å². The molecule has 2 aliphatic rings. The second-order valence-electron chi connectivity index (χ2n) is 4.88. The summed E-state index contributed by atoms with van der Waals surface area (Å²) in [5.41, 5.74) is -0.448. The average molecular weight is 166 g/mol. The fourth-order valence-electron chi connectivity index (χ4n) is 2.72. The van der Waals surface area contributed by atoms with Gasteiger partial charge in [0, 0.05) is 24.2 Å². The van der Waals surface area contributed by atoms with Crippen molar-refractivity contribution in [1.29, 1.82) is 0 Å². The van der Waals surface area contributed by atoms with Gasteiger partial charge >= 0.3 is 0 Å². The van der Waals surface area contributed by atoms with Crippen LogP contribution < -0.4 is 0 Å². The highest BCUT2D eigenvalue weighted by Gasteiger charge is 2.65. The van der Waals surface area contributed by atoms with E-state index in [1.807, 2.05) is 20.8 Å². The monoisotopic (exact) mass is 166 g/mol. The third kappa shape index (κ3) is 0.584. The normalized spacial score (nSPS) is 44.1. The summed E-state index contributed by atoms with van der Waals surface area (Å²) >= 11 is 0. The van der Waals surface area contributed by atoms with Crippen molar-refractivity contribution < 1.29 is 9.59 Å². The van der Waals surface area contributed by atoms with Gasteiger partial charge in [-0.1, -0.05) is 20.8 Å². The molecule has 2 nitrogen and oxygen atoms in total. The molecule has 0 unspecified atom stereocenters. The van der Waals surface area contributed by atoms with Gasteiger partial charge in [0.15, 0.2) is 0 Å². The molecule has 0 N–H and O–H groups in total. The highest BCUT2D eigenvalue weighted by atomic mass is 16.1. The van der Waals surface area contributed by atoms with Crippen LogP contribution in [0.3, 0.4) is 0 Å². The standard InChI is InChI=1S/C10H14O2/c1-9(2)6-4-8(12)10(9,3)5-7(6)11/h6H,4-5H2,1-3H3/t6-,10-/m0/s1. The highest BCUT2D eigenvalue weighted by Crippen LogP contribution is 2.61. The number of ketones is 2. The van der Waals surface area contributed by atoms with Gasteiger partial charge in [0.25, 0.3) is 0 Å². The second-order valence-corrected chi connectivity index (χ2v) is 4.88. The molecular weight excluding hydrogens is 152 g/mol. The Morgan fingerprint density at radius 2 is 1.83 bits per heavy atom. The summed E-state index contributed by atoms with van der Waals surface area (Å²) in [4.78, 5) is 23.0. The Kier molecular flexibility index (Phi) is 1.20. The fraction of sp³-hybridized carbons (Fsp3) is 0.800. The Morgan fingerprint density at radius 1 is 1.25 bits per heavy atom. The number of rotatable bonds is 0. The lowest BCUT2D eigenvalue weighted by atomic mass is 9.70. The summed E-state index contributed by atoms with van der Waals surface area (Å²) in [6.45, 7) is 6.04. The van der Waals surface area contributed by atoms with Gasteiger partial charge in [-0.3, -0.25) is 9.59 Å². The Labute approximate surface area is 72.3 Å². The van der Waals surface area contributed by atoms with Crippen LogP contribution in [0.15, 0.2) is 0 Å². The SMILES string of the molecule is CC1(C)[C@H]2CC(=O)[C@]1(C)CC2=O. The maximum atomic E-state index is 11.6. The third-order valence-corrected chi connectivity index (χ3v) is 4.21. The van der Waals surface area contributed by atoms with Crippen molar-refractivity contribution in [2.45, 2.75) is 33.6 Å². The van der Waals surface area contributed by atoms with Crippen molar-refractivity contribution in [2.24, 2.45) is 16.7 Å². The molecule has 2 bridgehead atoms. The Bertz CT molecular complexity index is 278. The smallest absolute Gasteiger partial charge is 0.140 e. The number of fused-ring (bicyclic) bond motifs is 2. The number of carbonyl (C=O) groups excluding carboxylic acids is 2. The zero-order chi connectivity index (χ0) is 9.15. The number of hydrogen-bond donors (Lipinski definition) is 0. The zero-order valence-corrected chi connectivity index (χ0v) is 7.81. The number of Topliss-reactive ketones (excluding diaryl/α,β-unsaturated/α-hetero) is 2. The van der Waals surface area contributed by atoms with Gasteiger partial charge in [0.1, 0.15) is 11.6 Å². The van der Waals surface area contributed by atoms with Crippen LogP contribution in [0.25, 0.3) is 0 Å². The molecule has 0 heterocycles. The molecule has 0 saturated heterocycles. The van der Waals surface area contributed by atoms with Crippen LogP contribution in [0.1, 0.15) is 33.6 Å². The predicted octanol–water partition coefficient (Wildman–Crippen LogP) is 1.58. The minimum Gasteiger partial charge on any atom is -0.299 e. The lowest BCUT2D eigenvalue weighted by Gasteiger charge is -2.31. The number of carbonyl (C=O) groups is 2. The van der Waals surface area contributed by atoms with E-state index in [0.29, 0.717) is 18.6 Å². The van der Waals surface area contributed by atoms with Gasteiger partial charge in [-0.15, -0.1) is 0 Å². The van der Waals surface area contributed by atoms with Crippen molar-refractivity contribution in [2.75, 3.05) is 0 Å². The van der Waals surface area contributed by atoms with E-state index in [1.165, 1.54) is 0 Å². The summed E-state index contributed by atoms with van der Waals surface area (Å²) < 4.78 is 0. The van der Waals surface area contributed by atoms with Crippen LogP contribution in [0.5, 0.6) is 0 Å². The maximum Gasteiger partial charge on any atom is 0.140 e. The van der Waals surface area contributed by atoms with Crippen molar-refractivity contribution in [1.82, 2.24) is 0 Å². The van der Waals surface area contributed by atoms with Crippen LogP contribution in [0.2, 0.25) is 0 Å². The predicted molar refractivity (Wildman–Crippen MR) is 44.6 cm³/mol. The first-order valence-electron chi connectivity index (χ1n) is 4.45. The summed E-state index contributed by atoms with van der Waals surface area (Å²) in [7, 11) is 0. The lowest BCUT2D eigenvalue weighted by molar-refractivity contribution is -0.133. The fourth-order valence-corrected chi connectivity index (χ4v) is 2.72. The summed E-state index contributed by atoms with van der Waals surface area (Å²) in [5.74, 6) is 0.592. The van der Waals surface area contributed by atoms with Crippen LogP contribution in [-0.4, -0.2) is 11.6 Å². The van der Waals surface area contributed by atoms with E-state index in [9.17, 15) is 9.59 Å². The maximum absolute atomic E-state index is 11.6. The van der Waals surface area contributed by atoms with Crippen LogP contribution >= 0.6 is 0 Å². The molecule has 0 aromatic carbocycles. The van der Waals surface area contributed by atoms with Crippen molar-refractivity contribution >= 4 is 11.6 Å². The van der Waals surface area contributed by atoms with Crippen molar-refractivity contribution in [3.63, 3.8) is 0 Å². The summed E-state index contributed by atoms with van der Waals surface area (Å²) in [6.07, 6.45) is 0.964. The molecule has 0 aliphatic heterocycles. The minimum atomic E-state index is -0.352. The van der Waals surface area contributed by atoms with E-state index >= 15 is 0 Å². The Morgan fingerprint density at radius 3 is 2.08 bits per heavy atom. The van der Waals surface area contributed by atoms with Gasteiger partial charge < -0.3 is 0 Å². The minimum absolute atomic E-state index is 0.00926. The molecule has 2 fully saturated rings. The average Bonchev–Trinajstić information content (AvgIpc) is 2.18. The van der Waals surface area contributed by atoms with Gasteiger partial charge in [0.2, 0.25) is 0 Å². The molecule has 0 aromatic heterocycles. The molecule has 66 valence electrons. The topological polar surface area (TPSA) is 34.1 Å². The molecule has 0 spiro atoms. The van der Waals surface area contributed by atoms with E-state index in [1.54, 1.807) is 0 Å². The van der Waals surface area contributed by atoms with E-state index < -0.39 is 0 Å². The second kappa shape index (κ2) is 1.81. The first-order valence-corrected chi connectivity index (χ1v) is 4.45. The summed E-state index contributed by atoms with van der Waals surface area (Å²) in [5, 5.41) is 0. The molecule has 2 aliphatic carbocycles. The van der Waals surface area contributed by atoms with Gasteiger partial charge in [-0.25, -0.2) is 0 Å². The zero-order valence-electron chi connectivity index (χ0n) is 7.81. The highest BCUT2D eigenvalue weighted by molar-refractivity contribution is 6.04. The van der Waals surface area contributed by atoms with Gasteiger partial charge in [0.05, 0.1) is 0 Å². The van der Waals surface area contributed by atoms with E-state index in [0.717, 1.165) is 0 Å². The number of hydrogen-bond acceptors (Lipinski definition) is 2. The molecular formula is C10H14O2. The molecule has 2 rings (SSSR count). The molecule has 0 aromatic rings. The first-order chi connectivity index (χ1) is 5.39. The quantitative estimate of drug-likeness (QED) is 0.547. The molecule has 2 saturated carbocycles. The van der Waals surface area contributed by atoms with Gasteiger partial charge in [-0.05, 0) is 5.41 Å². The molecule has 2 atom stereocenters. The molecule has 12 heavy (non-hydrogen) atoms. The van der Waals surface area contributed by atoms with E-state index in [4.69, 9.17) is 0 Å². The molecule has 0 radical (unpaired) electrons. The van der Waals surface area contributed by atoms with Gasteiger partial charge in [-0.2, -0.15) is 0 Å². The van der Waals surface area contributed by atoms with Crippen LogP contribution in [-0.2, 0) is 9.59 Å². The Balaban J connectivity index is 2.54. The molecule has 0 amide bonds. The van der Waals surface area contributed by atoms with Crippen molar-refractivity contribution in [3.8, 4) is 0 Å². The lowest BCUT2D eigenvalue weighted by Crippen LogP contribution is -2.32. The summed E-state index contributed by atoms with van der Waals surface area (Å²) in [6, 6.07) is 0. The largest absolute Gasteiger partial charge is 0.299 e. The van der Waals surface area contributed by atoms with Crippen molar-refractivity contribution in [3.05, 3.63) is 0 Å².